The minimum atomic E-state index is 0.498. The van der Waals surface area contributed by atoms with E-state index in [0.29, 0.717) is 16.2 Å². The molecule has 0 aromatic heterocycles. The van der Waals surface area contributed by atoms with Crippen molar-refractivity contribution in [2.75, 3.05) is 0 Å². The summed E-state index contributed by atoms with van der Waals surface area (Å²) in [6.07, 6.45) is 19.7. The molecule has 30 heavy (non-hydrogen) atoms. The minimum absolute atomic E-state index is 0.498. The van der Waals surface area contributed by atoms with Crippen LogP contribution in [0.4, 0.5) is 0 Å². The van der Waals surface area contributed by atoms with Crippen LogP contribution in [-0.4, -0.2) is 0 Å². The molecular formula is C30H50. The largest absolute Gasteiger partial charge is 0.0995 e. The fourth-order valence-corrected chi connectivity index (χ4v) is 8.47. The lowest BCUT2D eigenvalue weighted by Crippen LogP contribution is -2.54. The molecule has 5 atom stereocenters. The van der Waals surface area contributed by atoms with E-state index in [4.69, 9.17) is 0 Å². The second kappa shape index (κ2) is 8.99. The van der Waals surface area contributed by atoms with E-state index in [1.54, 1.807) is 11.1 Å². The number of allylic oxidation sites excluding steroid dienone is 5. The van der Waals surface area contributed by atoms with Crippen molar-refractivity contribution in [2.45, 2.75) is 119 Å². The van der Waals surface area contributed by atoms with E-state index in [2.05, 4.69) is 67.2 Å². The van der Waals surface area contributed by atoms with Gasteiger partial charge in [-0.25, -0.2) is 0 Å². The molecule has 3 aliphatic carbocycles. The maximum Gasteiger partial charge on any atom is -0.0149 e. The normalized spacial score (nSPS) is 38.0. The lowest BCUT2D eigenvalue weighted by molar-refractivity contribution is -0.123. The van der Waals surface area contributed by atoms with Crippen LogP contribution in [0, 0.1) is 34.0 Å². The third-order valence-electron chi connectivity index (χ3n) is 9.92. The molecule has 0 bridgehead atoms. The van der Waals surface area contributed by atoms with E-state index in [-0.39, 0.29) is 0 Å². The second-order valence-electron chi connectivity index (χ2n) is 12.7. The smallest absolute Gasteiger partial charge is 0.0149 e. The molecule has 0 saturated heterocycles. The van der Waals surface area contributed by atoms with Gasteiger partial charge in [-0.15, -0.1) is 0 Å². The topological polar surface area (TPSA) is 0 Å². The van der Waals surface area contributed by atoms with Gasteiger partial charge in [-0.05, 0) is 119 Å². The molecule has 3 saturated carbocycles. The van der Waals surface area contributed by atoms with E-state index >= 15 is 0 Å². The number of fused-ring (bicyclic) bond motifs is 3. The Bertz CT molecular complexity index is 685. The van der Waals surface area contributed by atoms with Crippen molar-refractivity contribution in [3.05, 3.63) is 35.5 Å². The molecule has 0 amide bonds. The fraction of sp³-hybridized carbons (Fsp3) is 0.800. The van der Waals surface area contributed by atoms with Crippen LogP contribution in [-0.2, 0) is 0 Å². The zero-order valence-corrected chi connectivity index (χ0v) is 21.4. The molecule has 3 fully saturated rings. The van der Waals surface area contributed by atoms with Gasteiger partial charge in [0.05, 0.1) is 0 Å². The van der Waals surface area contributed by atoms with Gasteiger partial charge in [0, 0.05) is 0 Å². The average molecular weight is 411 g/mol. The minimum Gasteiger partial charge on any atom is -0.0995 e. The Balaban J connectivity index is 1.62. The van der Waals surface area contributed by atoms with Crippen molar-refractivity contribution >= 4 is 0 Å². The van der Waals surface area contributed by atoms with Crippen molar-refractivity contribution in [3.8, 4) is 0 Å². The van der Waals surface area contributed by atoms with Gasteiger partial charge in [0.25, 0.3) is 0 Å². The molecule has 5 unspecified atom stereocenters. The Morgan fingerprint density at radius 1 is 0.800 bits per heavy atom. The quantitative estimate of drug-likeness (QED) is 0.366. The molecule has 0 nitrogen and oxygen atoms in total. The molecule has 0 aromatic carbocycles. The Kier molecular flexibility index (Phi) is 7.16. The molecule has 0 spiro atoms. The molecular weight excluding hydrogens is 360 g/mol. The predicted octanol–water partition coefficient (Wildman–Crippen LogP) is 9.67. The molecule has 0 heteroatoms. The lowest BCUT2D eigenvalue weighted by atomic mass is 9.43. The Labute approximate surface area is 188 Å². The molecule has 0 aromatic rings. The predicted molar refractivity (Wildman–Crippen MR) is 134 cm³/mol. The standard InChI is InChI=1S/C30H50/c1-22(2)12-9-13-23(3)14-10-15-24(4)25-16-17-27-29(25,7)21-18-26-28(5,6)19-11-20-30(26,27)8/h12,14,25-27H,4,9-11,13,15-21H2,1-3,5-8H3/b23-14+. The van der Waals surface area contributed by atoms with Gasteiger partial charge in [-0.1, -0.05) is 69.6 Å². The Morgan fingerprint density at radius 3 is 2.20 bits per heavy atom. The van der Waals surface area contributed by atoms with Crippen LogP contribution in [0.2, 0.25) is 0 Å². The van der Waals surface area contributed by atoms with Gasteiger partial charge < -0.3 is 0 Å². The van der Waals surface area contributed by atoms with Crippen molar-refractivity contribution in [3.63, 3.8) is 0 Å². The Hall–Kier alpha value is -0.780. The molecule has 0 radical (unpaired) electrons. The van der Waals surface area contributed by atoms with Crippen molar-refractivity contribution in [1.82, 2.24) is 0 Å². The van der Waals surface area contributed by atoms with E-state index in [9.17, 15) is 0 Å². The van der Waals surface area contributed by atoms with Gasteiger partial charge in [0.15, 0.2) is 0 Å². The van der Waals surface area contributed by atoms with Gasteiger partial charge in [0.1, 0.15) is 0 Å². The van der Waals surface area contributed by atoms with E-state index < -0.39 is 0 Å². The van der Waals surface area contributed by atoms with Crippen molar-refractivity contribution in [1.29, 1.82) is 0 Å². The first-order chi connectivity index (χ1) is 14.0. The van der Waals surface area contributed by atoms with Gasteiger partial charge in [-0.3, -0.25) is 0 Å². The van der Waals surface area contributed by atoms with Crippen LogP contribution in [0.1, 0.15) is 119 Å². The highest BCUT2D eigenvalue weighted by molar-refractivity contribution is 5.18. The van der Waals surface area contributed by atoms with Gasteiger partial charge in [-0.2, -0.15) is 0 Å². The van der Waals surface area contributed by atoms with Crippen LogP contribution in [0.25, 0.3) is 0 Å². The summed E-state index contributed by atoms with van der Waals surface area (Å²) in [7, 11) is 0. The van der Waals surface area contributed by atoms with Crippen molar-refractivity contribution < 1.29 is 0 Å². The maximum atomic E-state index is 4.67. The van der Waals surface area contributed by atoms with Crippen LogP contribution in [0.5, 0.6) is 0 Å². The van der Waals surface area contributed by atoms with Gasteiger partial charge in [0.2, 0.25) is 0 Å². The van der Waals surface area contributed by atoms with Gasteiger partial charge >= 0.3 is 0 Å². The van der Waals surface area contributed by atoms with Crippen LogP contribution >= 0.6 is 0 Å². The average Bonchev–Trinajstić information content (AvgIpc) is 2.99. The third-order valence-corrected chi connectivity index (χ3v) is 9.92. The van der Waals surface area contributed by atoms with E-state index in [1.807, 2.05) is 0 Å². The van der Waals surface area contributed by atoms with E-state index in [1.165, 1.54) is 76.2 Å². The zero-order chi connectivity index (χ0) is 22.2. The maximum absolute atomic E-state index is 4.67. The third kappa shape index (κ3) is 4.54. The molecule has 3 aliphatic rings. The Morgan fingerprint density at radius 2 is 1.50 bits per heavy atom. The highest BCUT2D eigenvalue weighted by atomic mass is 14.7. The first-order valence-electron chi connectivity index (χ1n) is 13.0. The lowest BCUT2D eigenvalue weighted by Gasteiger charge is -2.62. The summed E-state index contributed by atoms with van der Waals surface area (Å²) in [6, 6.07) is 0. The van der Waals surface area contributed by atoms with Crippen LogP contribution in [0.15, 0.2) is 35.5 Å². The summed E-state index contributed by atoms with van der Waals surface area (Å²) in [6.45, 7) is 21.8. The number of rotatable bonds is 7. The second-order valence-corrected chi connectivity index (χ2v) is 12.7. The first kappa shape index (κ1) is 23.9. The summed E-state index contributed by atoms with van der Waals surface area (Å²) in [4.78, 5) is 0. The summed E-state index contributed by atoms with van der Waals surface area (Å²) in [5.41, 5.74) is 6.14. The van der Waals surface area contributed by atoms with E-state index in [0.717, 1.165) is 17.8 Å². The highest BCUT2D eigenvalue weighted by Gasteiger charge is 2.62. The monoisotopic (exact) mass is 410 g/mol. The summed E-state index contributed by atoms with van der Waals surface area (Å²) >= 11 is 0. The van der Waals surface area contributed by atoms with Crippen LogP contribution in [0.3, 0.4) is 0 Å². The summed E-state index contributed by atoms with van der Waals surface area (Å²) in [5.74, 6) is 2.59. The fourth-order valence-electron chi connectivity index (χ4n) is 8.47. The highest BCUT2D eigenvalue weighted by Crippen LogP contribution is 2.70. The molecule has 0 heterocycles. The summed E-state index contributed by atoms with van der Waals surface area (Å²) < 4.78 is 0. The van der Waals surface area contributed by atoms with Crippen molar-refractivity contribution in [2.24, 2.45) is 34.0 Å². The molecule has 170 valence electrons. The van der Waals surface area contributed by atoms with Crippen LogP contribution < -0.4 is 0 Å². The molecule has 0 aliphatic heterocycles. The molecule has 0 N–H and O–H groups in total. The molecule has 3 rings (SSSR count). The summed E-state index contributed by atoms with van der Waals surface area (Å²) in [5, 5.41) is 0. The first-order valence-corrected chi connectivity index (χ1v) is 13.0. The number of hydrogen-bond acceptors (Lipinski definition) is 0. The SMILES string of the molecule is C=C(CC/C=C(\C)CCC=C(C)C)C1CCC2C1(C)CCC1C(C)(C)CCCC12C. The number of hydrogen-bond donors (Lipinski definition) is 0. The zero-order valence-electron chi connectivity index (χ0n) is 21.4.